The van der Waals surface area contributed by atoms with E-state index in [1.54, 1.807) is 0 Å². The smallest absolute Gasteiger partial charge is 0.00669 e. The molecular formula is C20H43N. The van der Waals surface area contributed by atoms with E-state index in [1.165, 1.54) is 96.3 Å². The summed E-state index contributed by atoms with van der Waals surface area (Å²) in [5, 5.41) is 3.68. The van der Waals surface area contributed by atoms with Crippen molar-refractivity contribution in [3.8, 4) is 0 Å². The van der Waals surface area contributed by atoms with Gasteiger partial charge < -0.3 is 5.32 Å². The van der Waals surface area contributed by atoms with Gasteiger partial charge in [0, 0.05) is 6.04 Å². The fourth-order valence-corrected chi connectivity index (χ4v) is 3.16. The standard InChI is InChI=1S/C20H43N/c1-4-7-9-11-12-13-14-15-17-19-20(21-6-3)18-16-10-8-5-2/h20-21H,4-19H2,1-3H3. The number of hydrogen-bond donors (Lipinski definition) is 1. The van der Waals surface area contributed by atoms with Gasteiger partial charge in [0.15, 0.2) is 0 Å². The van der Waals surface area contributed by atoms with Crippen LogP contribution in [-0.2, 0) is 0 Å². The lowest BCUT2D eigenvalue weighted by molar-refractivity contribution is 0.420. The highest BCUT2D eigenvalue weighted by Crippen LogP contribution is 2.14. The molecular weight excluding hydrogens is 254 g/mol. The summed E-state index contributed by atoms with van der Waals surface area (Å²) in [6.07, 6.45) is 21.4. The van der Waals surface area contributed by atoms with Crippen molar-refractivity contribution in [2.24, 2.45) is 0 Å². The molecule has 128 valence electrons. The minimum Gasteiger partial charge on any atom is -0.314 e. The highest BCUT2D eigenvalue weighted by Gasteiger charge is 2.06. The van der Waals surface area contributed by atoms with E-state index in [4.69, 9.17) is 0 Å². The minimum atomic E-state index is 0.788. The van der Waals surface area contributed by atoms with E-state index in [2.05, 4.69) is 26.1 Å². The Morgan fingerprint density at radius 3 is 1.33 bits per heavy atom. The van der Waals surface area contributed by atoms with Gasteiger partial charge in [-0.15, -0.1) is 0 Å². The van der Waals surface area contributed by atoms with Gasteiger partial charge in [-0.2, -0.15) is 0 Å². The highest BCUT2D eigenvalue weighted by atomic mass is 14.9. The first-order chi connectivity index (χ1) is 10.3. The zero-order chi connectivity index (χ0) is 15.6. The second kappa shape index (κ2) is 18.0. The lowest BCUT2D eigenvalue weighted by Crippen LogP contribution is -2.28. The number of rotatable bonds is 17. The Labute approximate surface area is 135 Å². The summed E-state index contributed by atoms with van der Waals surface area (Å²) in [6.45, 7) is 7.97. The van der Waals surface area contributed by atoms with Crippen molar-refractivity contribution >= 4 is 0 Å². The molecule has 1 heteroatoms. The Kier molecular flexibility index (Phi) is 18.0. The third-order valence-corrected chi connectivity index (χ3v) is 4.56. The first kappa shape index (κ1) is 21.0. The van der Waals surface area contributed by atoms with Gasteiger partial charge in [0.25, 0.3) is 0 Å². The normalized spacial score (nSPS) is 12.7. The molecule has 0 radical (unpaired) electrons. The number of hydrogen-bond acceptors (Lipinski definition) is 1. The fourth-order valence-electron chi connectivity index (χ4n) is 3.16. The molecule has 0 aliphatic carbocycles. The van der Waals surface area contributed by atoms with Crippen LogP contribution in [0.5, 0.6) is 0 Å². The first-order valence-corrected chi connectivity index (χ1v) is 10.1. The van der Waals surface area contributed by atoms with E-state index < -0.39 is 0 Å². The van der Waals surface area contributed by atoms with Crippen molar-refractivity contribution in [3.05, 3.63) is 0 Å². The monoisotopic (exact) mass is 297 g/mol. The molecule has 0 fully saturated rings. The predicted octanol–water partition coefficient (Wildman–Crippen LogP) is 6.86. The van der Waals surface area contributed by atoms with Crippen molar-refractivity contribution in [2.45, 2.75) is 123 Å². The molecule has 1 atom stereocenters. The Hall–Kier alpha value is -0.0400. The van der Waals surface area contributed by atoms with E-state index >= 15 is 0 Å². The first-order valence-electron chi connectivity index (χ1n) is 10.1. The molecule has 0 rings (SSSR count). The molecule has 1 unspecified atom stereocenters. The van der Waals surface area contributed by atoms with Gasteiger partial charge in [0.05, 0.1) is 0 Å². The molecule has 0 aliphatic heterocycles. The summed E-state index contributed by atoms with van der Waals surface area (Å²) < 4.78 is 0. The number of unbranched alkanes of at least 4 members (excludes halogenated alkanes) is 11. The van der Waals surface area contributed by atoms with Crippen LogP contribution < -0.4 is 5.32 Å². The quantitative estimate of drug-likeness (QED) is 0.289. The van der Waals surface area contributed by atoms with Gasteiger partial charge in [-0.3, -0.25) is 0 Å². The molecule has 0 amide bonds. The fraction of sp³-hybridized carbons (Fsp3) is 1.00. The van der Waals surface area contributed by atoms with E-state index in [0.717, 1.165) is 12.6 Å². The molecule has 0 aliphatic rings. The van der Waals surface area contributed by atoms with Gasteiger partial charge in [-0.05, 0) is 19.4 Å². The summed E-state index contributed by atoms with van der Waals surface area (Å²) in [7, 11) is 0. The largest absolute Gasteiger partial charge is 0.314 e. The maximum Gasteiger partial charge on any atom is 0.00669 e. The zero-order valence-electron chi connectivity index (χ0n) is 15.4. The summed E-state index contributed by atoms with van der Waals surface area (Å²) in [4.78, 5) is 0. The Balaban J connectivity index is 3.38. The van der Waals surface area contributed by atoms with E-state index in [0.29, 0.717) is 0 Å². The minimum absolute atomic E-state index is 0.788. The average molecular weight is 298 g/mol. The van der Waals surface area contributed by atoms with Crippen molar-refractivity contribution in [1.29, 1.82) is 0 Å². The number of nitrogens with one attached hydrogen (secondary N) is 1. The van der Waals surface area contributed by atoms with Crippen LogP contribution >= 0.6 is 0 Å². The van der Waals surface area contributed by atoms with Crippen molar-refractivity contribution < 1.29 is 0 Å². The van der Waals surface area contributed by atoms with Crippen LogP contribution in [0.2, 0.25) is 0 Å². The van der Waals surface area contributed by atoms with Gasteiger partial charge in [0.2, 0.25) is 0 Å². The lowest BCUT2D eigenvalue weighted by atomic mass is 10.00. The Morgan fingerprint density at radius 1 is 0.524 bits per heavy atom. The van der Waals surface area contributed by atoms with Crippen molar-refractivity contribution in [2.75, 3.05) is 6.54 Å². The van der Waals surface area contributed by atoms with E-state index in [-0.39, 0.29) is 0 Å². The summed E-state index contributed by atoms with van der Waals surface area (Å²) >= 11 is 0. The molecule has 0 spiro atoms. The molecule has 0 aromatic carbocycles. The molecule has 0 saturated heterocycles. The summed E-state index contributed by atoms with van der Waals surface area (Å²) in [6, 6.07) is 0.788. The molecule has 0 saturated carbocycles. The van der Waals surface area contributed by atoms with Crippen LogP contribution in [-0.4, -0.2) is 12.6 Å². The molecule has 0 bridgehead atoms. The van der Waals surface area contributed by atoms with Crippen LogP contribution in [0.25, 0.3) is 0 Å². The Bertz CT molecular complexity index is 179. The van der Waals surface area contributed by atoms with Crippen molar-refractivity contribution in [1.82, 2.24) is 5.32 Å². The maximum absolute atomic E-state index is 3.68. The van der Waals surface area contributed by atoms with Crippen LogP contribution in [0, 0.1) is 0 Å². The summed E-state index contributed by atoms with van der Waals surface area (Å²) in [5.74, 6) is 0. The van der Waals surface area contributed by atoms with Crippen molar-refractivity contribution in [3.63, 3.8) is 0 Å². The van der Waals surface area contributed by atoms with Gasteiger partial charge in [0.1, 0.15) is 0 Å². The third kappa shape index (κ3) is 16.2. The predicted molar refractivity (Wildman–Crippen MR) is 98.1 cm³/mol. The summed E-state index contributed by atoms with van der Waals surface area (Å²) in [5.41, 5.74) is 0. The average Bonchev–Trinajstić information content (AvgIpc) is 2.49. The topological polar surface area (TPSA) is 12.0 Å². The lowest BCUT2D eigenvalue weighted by Gasteiger charge is -2.17. The molecule has 1 nitrogen and oxygen atoms in total. The van der Waals surface area contributed by atoms with Crippen LogP contribution in [0.4, 0.5) is 0 Å². The molecule has 21 heavy (non-hydrogen) atoms. The Morgan fingerprint density at radius 2 is 0.905 bits per heavy atom. The van der Waals surface area contributed by atoms with Gasteiger partial charge in [-0.25, -0.2) is 0 Å². The van der Waals surface area contributed by atoms with E-state index in [1.807, 2.05) is 0 Å². The van der Waals surface area contributed by atoms with Crippen LogP contribution in [0.15, 0.2) is 0 Å². The SMILES string of the molecule is CCCCCCCCCCCC(CCCCCC)NCC. The zero-order valence-corrected chi connectivity index (χ0v) is 15.4. The van der Waals surface area contributed by atoms with Crippen LogP contribution in [0.3, 0.4) is 0 Å². The van der Waals surface area contributed by atoms with Gasteiger partial charge >= 0.3 is 0 Å². The third-order valence-electron chi connectivity index (χ3n) is 4.56. The molecule has 0 aromatic rings. The van der Waals surface area contributed by atoms with Gasteiger partial charge in [-0.1, -0.05) is 104 Å². The maximum atomic E-state index is 3.68. The second-order valence-corrected chi connectivity index (χ2v) is 6.72. The second-order valence-electron chi connectivity index (χ2n) is 6.72. The highest BCUT2D eigenvalue weighted by molar-refractivity contribution is 4.66. The molecule has 1 N–H and O–H groups in total. The molecule has 0 heterocycles. The molecule has 0 aromatic heterocycles. The van der Waals surface area contributed by atoms with Crippen LogP contribution in [0.1, 0.15) is 117 Å². The van der Waals surface area contributed by atoms with E-state index in [9.17, 15) is 0 Å².